The molecule has 2 aliphatic heterocycles. The highest BCUT2D eigenvalue weighted by Crippen LogP contribution is 2.44. The maximum atomic E-state index is 12.9. The van der Waals surface area contributed by atoms with Crippen LogP contribution in [0.3, 0.4) is 0 Å². The van der Waals surface area contributed by atoms with Crippen LogP contribution in [0.15, 0.2) is 54.6 Å². The second-order valence-corrected chi connectivity index (χ2v) is 9.02. The highest BCUT2D eigenvalue weighted by Gasteiger charge is 2.46. The Hall–Kier alpha value is -2.87. The maximum Gasteiger partial charge on any atom is 0.321 e. The molecule has 2 aromatic rings. The van der Waals surface area contributed by atoms with Crippen molar-refractivity contribution in [3.05, 3.63) is 54.6 Å². The van der Waals surface area contributed by atoms with Crippen molar-refractivity contribution in [2.75, 3.05) is 44.4 Å². The number of nitrogens with one attached hydrogen (secondary N) is 1. The molecule has 3 amide bonds. The van der Waals surface area contributed by atoms with Gasteiger partial charge < -0.3 is 24.6 Å². The molecule has 0 radical (unpaired) electrons. The molecule has 8 heteroatoms. The van der Waals surface area contributed by atoms with Crippen molar-refractivity contribution >= 4 is 29.4 Å². The molecule has 0 saturated carbocycles. The minimum absolute atomic E-state index is 0.000719. The van der Waals surface area contributed by atoms with Gasteiger partial charge >= 0.3 is 6.03 Å². The third-order valence-corrected chi connectivity index (χ3v) is 7.32. The number of hydrogen-bond acceptors (Lipinski definition) is 5. The molecule has 4 rings (SSSR count). The van der Waals surface area contributed by atoms with Crippen LogP contribution in [0.4, 0.5) is 10.5 Å². The number of carbonyl (C=O) groups excluding carboxylic acids is 2. The average Bonchev–Trinajstić information content (AvgIpc) is 3.22. The standard InChI is InChI=1S/C23H27N3O4S/c1-29-20-10-6-5-9-19(20)24-22(28)25-13-11-23(12-14-25)26(15-16-31-23)21(27)17-30-18-7-3-2-4-8-18/h2-10H,11-17H2,1H3,(H,24,28). The van der Waals surface area contributed by atoms with Crippen LogP contribution in [-0.4, -0.2) is 65.7 Å². The van der Waals surface area contributed by atoms with Crippen molar-refractivity contribution in [3.8, 4) is 11.5 Å². The van der Waals surface area contributed by atoms with Gasteiger partial charge in [0.25, 0.3) is 5.91 Å². The van der Waals surface area contributed by atoms with E-state index in [0.717, 1.165) is 25.1 Å². The zero-order valence-corrected chi connectivity index (χ0v) is 18.4. The molecular formula is C23H27N3O4S. The second kappa shape index (κ2) is 9.51. The number of nitrogens with zero attached hydrogens (tertiary/aromatic N) is 2. The number of urea groups is 1. The number of thioether (sulfide) groups is 1. The SMILES string of the molecule is COc1ccccc1NC(=O)N1CCC2(CC1)SCCN2C(=O)COc1ccccc1. The van der Waals surface area contributed by atoms with E-state index in [2.05, 4.69) is 5.32 Å². The van der Waals surface area contributed by atoms with Crippen LogP contribution in [0, 0.1) is 0 Å². The van der Waals surface area contributed by atoms with Crippen molar-refractivity contribution in [3.63, 3.8) is 0 Å². The molecule has 7 nitrogen and oxygen atoms in total. The summed E-state index contributed by atoms with van der Waals surface area (Å²) in [6.45, 7) is 1.94. The number of piperidine rings is 1. The number of likely N-dealkylation sites (tertiary alicyclic amines) is 1. The molecule has 0 aromatic heterocycles. The van der Waals surface area contributed by atoms with Gasteiger partial charge in [0.2, 0.25) is 0 Å². The third kappa shape index (κ3) is 4.74. The number of benzene rings is 2. The predicted octanol–water partition coefficient (Wildman–Crippen LogP) is 3.67. The van der Waals surface area contributed by atoms with Gasteiger partial charge in [-0.15, -0.1) is 11.8 Å². The Morgan fingerprint density at radius 1 is 1.03 bits per heavy atom. The summed E-state index contributed by atoms with van der Waals surface area (Å²) in [5.41, 5.74) is 0.653. The van der Waals surface area contributed by atoms with Crippen molar-refractivity contribution < 1.29 is 19.1 Å². The summed E-state index contributed by atoms with van der Waals surface area (Å²) in [7, 11) is 1.58. The number of para-hydroxylation sites is 3. The summed E-state index contributed by atoms with van der Waals surface area (Å²) in [6.07, 6.45) is 1.49. The molecule has 0 bridgehead atoms. The molecule has 2 fully saturated rings. The Morgan fingerprint density at radius 3 is 2.48 bits per heavy atom. The Morgan fingerprint density at radius 2 is 1.74 bits per heavy atom. The van der Waals surface area contributed by atoms with E-state index in [1.54, 1.807) is 12.0 Å². The fourth-order valence-electron chi connectivity index (χ4n) is 4.12. The Kier molecular flexibility index (Phi) is 6.56. The van der Waals surface area contributed by atoms with Crippen molar-refractivity contribution in [2.24, 2.45) is 0 Å². The fourth-order valence-corrected chi connectivity index (χ4v) is 5.59. The molecule has 2 saturated heterocycles. The van der Waals surface area contributed by atoms with Crippen LogP contribution in [0.1, 0.15) is 12.8 Å². The summed E-state index contributed by atoms with van der Waals surface area (Å²) in [5.74, 6) is 2.23. The third-order valence-electron chi connectivity index (χ3n) is 5.76. The van der Waals surface area contributed by atoms with Gasteiger partial charge in [0.15, 0.2) is 6.61 Å². The Bertz CT molecular complexity index is 916. The van der Waals surface area contributed by atoms with E-state index < -0.39 is 0 Å². The number of amides is 3. The molecule has 0 unspecified atom stereocenters. The van der Waals surface area contributed by atoms with E-state index >= 15 is 0 Å². The molecule has 2 aliphatic rings. The van der Waals surface area contributed by atoms with E-state index in [1.807, 2.05) is 71.3 Å². The first-order chi connectivity index (χ1) is 15.1. The van der Waals surface area contributed by atoms with Gasteiger partial charge in [0, 0.05) is 25.4 Å². The van der Waals surface area contributed by atoms with E-state index in [0.29, 0.717) is 30.3 Å². The number of ether oxygens (including phenoxy) is 2. The molecule has 31 heavy (non-hydrogen) atoms. The van der Waals surface area contributed by atoms with Crippen LogP contribution < -0.4 is 14.8 Å². The molecule has 164 valence electrons. The summed E-state index contributed by atoms with van der Waals surface area (Å²) >= 11 is 1.82. The summed E-state index contributed by atoms with van der Waals surface area (Å²) in [5, 5.41) is 2.94. The lowest BCUT2D eigenvalue weighted by Gasteiger charge is -2.44. The van der Waals surface area contributed by atoms with Crippen LogP contribution in [0.5, 0.6) is 11.5 Å². The minimum atomic E-state index is -0.252. The van der Waals surface area contributed by atoms with Crippen LogP contribution in [-0.2, 0) is 4.79 Å². The van der Waals surface area contributed by atoms with E-state index in [-0.39, 0.29) is 23.4 Å². The van der Waals surface area contributed by atoms with Crippen molar-refractivity contribution in [1.82, 2.24) is 9.80 Å². The van der Waals surface area contributed by atoms with Crippen molar-refractivity contribution in [1.29, 1.82) is 0 Å². The number of rotatable bonds is 5. The van der Waals surface area contributed by atoms with Gasteiger partial charge in [0.1, 0.15) is 11.5 Å². The zero-order chi connectivity index (χ0) is 21.7. The first kappa shape index (κ1) is 21.4. The minimum Gasteiger partial charge on any atom is -0.495 e. The summed E-state index contributed by atoms with van der Waals surface area (Å²) in [6, 6.07) is 16.6. The smallest absolute Gasteiger partial charge is 0.321 e. The second-order valence-electron chi connectivity index (χ2n) is 7.56. The summed E-state index contributed by atoms with van der Waals surface area (Å²) in [4.78, 5) is 29.2. The first-order valence-electron chi connectivity index (χ1n) is 10.4. The topological polar surface area (TPSA) is 71.1 Å². The van der Waals surface area contributed by atoms with Crippen molar-refractivity contribution in [2.45, 2.75) is 17.7 Å². The van der Waals surface area contributed by atoms with Gasteiger partial charge in [-0.25, -0.2) is 4.79 Å². The Labute approximate surface area is 186 Å². The highest BCUT2D eigenvalue weighted by molar-refractivity contribution is 8.00. The monoisotopic (exact) mass is 441 g/mol. The number of carbonyl (C=O) groups is 2. The van der Waals surface area contributed by atoms with Gasteiger partial charge in [-0.2, -0.15) is 0 Å². The normalized spacial score (nSPS) is 17.5. The lowest BCUT2D eigenvalue weighted by molar-refractivity contribution is -0.136. The van der Waals surface area contributed by atoms with Crippen LogP contribution >= 0.6 is 11.8 Å². The van der Waals surface area contributed by atoms with Gasteiger partial charge in [0.05, 0.1) is 17.7 Å². The highest BCUT2D eigenvalue weighted by atomic mass is 32.2. The van der Waals surface area contributed by atoms with Gasteiger partial charge in [-0.1, -0.05) is 30.3 Å². The molecule has 2 heterocycles. The Balaban J connectivity index is 1.34. The van der Waals surface area contributed by atoms with E-state index in [1.165, 1.54) is 0 Å². The number of hydrogen-bond donors (Lipinski definition) is 1. The zero-order valence-electron chi connectivity index (χ0n) is 17.6. The largest absolute Gasteiger partial charge is 0.495 e. The summed E-state index contributed by atoms with van der Waals surface area (Å²) < 4.78 is 11.0. The van der Waals surface area contributed by atoms with E-state index in [4.69, 9.17) is 9.47 Å². The van der Waals surface area contributed by atoms with E-state index in [9.17, 15) is 9.59 Å². The molecule has 0 atom stereocenters. The maximum absolute atomic E-state index is 12.9. The van der Waals surface area contributed by atoms with Gasteiger partial charge in [-0.05, 0) is 37.1 Å². The lowest BCUT2D eigenvalue weighted by atomic mass is 10.0. The quantitative estimate of drug-likeness (QED) is 0.767. The average molecular weight is 442 g/mol. The fraction of sp³-hybridized carbons (Fsp3) is 0.391. The molecule has 2 aromatic carbocycles. The molecule has 1 N–H and O–H groups in total. The number of methoxy groups -OCH3 is 1. The molecule has 0 aliphatic carbocycles. The molecular weight excluding hydrogens is 414 g/mol. The lowest BCUT2D eigenvalue weighted by Crippen LogP contribution is -2.55. The van der Waals surface area contributed by atoms with Crippen LogP contribution in [0.2, 0.25) is 0 Å². The molecule has 1 spiro atoms. The van der Waals surface area contributed by atoms with Crippen LogP contribution in [0.25, 0.3) is 0 Å². The number of anilines is 1. The predicted molar refractivity (Wildman–Crippen MR) is 122 cm³/mol. The first-order valence-corrected chi connectivity index (χ1v) is 11.4. The van der Waals surface area contributed by atoms with Gasteiger partial charge in [-0.3, -0.25) is 4.79 Å².